The van der Waals surface area contributed by atoms with Gasteiger partial charge in [-0.2, -0.15) is 0 Å². The SMILES string of the molecule is O=C1OC(c2ccc(Cl)cc2)=N/C1=C\c1c(Cl)cccc1Cl. The molecule has 0 bridgehead atoms. The molecule has 3 nitrogen and oxygen atoms in total. The number of cyclic esters (lactones) is 1. The van der Waals surface area contributed by atoms with Crippen LogP contribution in [-0.4, -0.2) is 11.9 Å². The number of halogens is 3. The number of hydrogen-bond donors (Lipinski definition) is 0. The van der Waals surface area contributed by atoms with Gasteiger partial charge in [-0.15, -0.1) is 0 Å². The summed E-state index contributed by atoms with van der Waals surface area (Å²) in [5, 5.41) is 1.46. The van der Waals surface area contributed by atoms with Crippen LogP contribution in [0.1, 0.15) is 11.1 Å². The van der Waals surface area contributed by atoms with E-state index in [4.69, 9.17) is 39.5 Å². The molecule has 6 heteroatoms. The Morgan fingerprint density at radius 1 is 0.955 bits per heavy atom. The van der Waals surface area contributed by atoms with E-state index in [1.165, 1.54) is 6.08 Å². The number of esters is 1. The fraction of sp³-hybridized carbons (Fsp3) is 0. The van der Waals surface area contributed by atoms with E-state index in [1.807, 2.05) is 0 Å². The molecule has 0 spiro atoms. The van der Waals surface area contributed by atoms with Crippen molar-refractivity contribution >= 4 is 52.7 Å². The molecule has 1 heterocycles. The van der Waals surface area contributed by atoms with E-state index in [0.29, 0.717) is 26.2 Å². The quantitative estimate of drug-likeness (QED) is 0.564. The van der Waals surface area contributed by atoms with E-state index in [9.17, 15) is 4.79 Å². The standard InChI is InChI=1S/C16H8Cl3NO2/c17-10-6-4-9(5-7-10)15-20-14(16(21)22-15)8-11-12(18)2-1-3-13(11)19/h1-8H/b14-8-. The predicted molar refractivity (Wildman–Crippen MR) is 88.5 cm³/mol. The molecule has 0 atom stereocenters. The maximum Gasteiger partial charge on any atom is 0.363 e. The van der Waals surface area contributed by atoms with Crippen LogP contribution in [0.3, 0.4) is 0 Å². The molecule has 0 unspecified atom stereocenters. The molecule has 1 aliphatic heterocycles. The van der Waals surface area contributed by atoms with Gasteiger partial charge in [-0.3, -0.25) is 0 Å². The summed E-state index contributed by atoms with van der Waals surface area (Å²) in [4.78, 5) is 16.1. The van der Waals surface area contributed by atoms with E-state index < -0.39 is 5.97 Å². The van der Waals surface area contributed by atoms with Gasteiger partial charge >= 0.3 is 5.97 Å². The molecule has 0 aliphatic carbocycles. The Balaban J connectivity index is 1.99. The van der Waals surface area contributed by atoms with Crippen LogP contribution in [0.5, 0.6) is 0 Å². The summed E-state index contributed by atoms with van der Waals surface area (Å²) in [7, 11) is 0. The maximum absolute atomic E-state index is 11.9. The van der Waals surface area contributed by atoms with Crippen molar-refractivity contribution in [3.8, 4) is 0 Å². The monoisotopic (exact) mass is 351 g/mol. The van der Waals surface area contributed by atoms with Crippen LogP contribution in [0.25, 0.3) is 6.08 Å². The van der Waals surface area contributed by atoms with Gasteiger partial charge in [0.1, 0.15) is 0 Å². The minimum atomic E-state index is -0.555. The Kier molecular flexibility index (Phi) is 4.21. The first-order valence-electron chi connectivity index (χ1n) is 6.27. The third-order valence-corrected chi connectivity index (χ3v) is 3.90. The van der Waals surface area contributed by atoms with Crippen molar-refractivity contribution in [2.75, 3.05) is 0 Å². The summed E-state index contributed by atoms with van der Waals surface area (Å²) in [6, 6.07) is 11.9. The molecule has 0 radical (unpaired) electrons. The van der Waals surface area contributed by atoms with Gasteiger partial charge in [-0.25, -0.2) is 9.79 Å². The van der Waals surface area contributed by atoms with Crippen molar-refractivity contribution in [2.45, 2.75) is 0 Å². The van der Waals surface area contributed by atoms with E-state index in [0.717, 1.165) is 0 Å². The lowest BCUT2D eigenvalue weighted by Gasteiger charge is -2.00. The van der Waals surface area contributed by atoms with Crippen molar-refractivity contribution in [3.05, 3.63) is 74.4 Å². The third-order valence-electron chi connectivity index (χ3n) is 2.99. The highest BCUT2D eigenvalue weighted by Gasteiger charge is 2.24. The zero-order chi connectivity index (χ0) is 15.7. The molecule has 22 heavy (non-hydrogen) atoms. The third kappa shape index (κ3) is 3.02. The first-order chi connectivity index (χ1) is 10.5. The maximum atomic E-state index is 11.9. The van der Waals surface area contributed by atoms with Crippen molar-refractivity contribution in [1.82, 2.24) is 0 Å². The number of aliphatic imine (C=N–C) groups is 1. The van der Waals surface area contributed by atoms with Crippen molar-refractivity contribution in [2.24, 2.45) is 4.99 Å². The second-order valence-electron chi connectivity index (χ2n) is 4.48. The Morgan fingerprint density at radius 2 is 1.59 bits per heavy atom. The average Bonchev–Trinajstić information content (AvgIpc) is 2.85. The molecular formula is C16H8Cl3NO2. The molecule has 0 saturated heterocycles. The summed E-state index contributed by atoms with van der Waals surface area (Å²) >= 11 is 18.0. The Hall–Kier alpha value is -1.81. The molecule has 0 amide bonds. The van der Waals surface area contributed by atoms with Gasteiger partial charge in [-0.05, 0) is 42.5 Å². The largest absolute Gasteiger partial charge is 0.402 e. The molecule has 0 fully saturated rings. The number of ether oxygens (including phenoxy) is 1. The van der Waals surface area contributed by atoms with E-state index in [2.05, 4.69) is 4.99 Å². The van der Waals surface area contributed by atoms with Gasteiger partial charge in [-0.1, -0.05) is 40.9 Å². The Morgan fingerprint density at radius 3 is 2.23 bits per heavy atom. The van der Waals surface area contributed by atoms with Crippen LogP contribution in [0.2, 0.25) is 15.1 Å². The number of carbonyl (C=O) groups is 1. The van der Waals surface area contributed by atoms with Crippen molar-refractivity contribution in [1.29, 1.82) is 0 Å². The Bertz CT molecular complexity index is 790. The number of benzene rings is 2. The van der Waals surface area contributed by atoms with Crippen molar-refractivity contribution < 1.29 is 9.53 Å². The number of rotatable bonds is 2. The number of nitrogens with zero attached hydrogens (tertiary/aromatic N) is 1. The topological polar surface area (TPSA) is 38.7 Å². The summed E-state index contributed by atoms with van der Waals surface area (Å²) in [6.07, 6.45) is 1.51. The van der Waals surface area contributed by atoms with Gasteiger partial charge in [0.05, 0.1) is 0 Å². The fourth-order valence-electron chi connectivity index (χ4n) is 1.91. The number of carbonyl (C=O) groups excluding carboxylic acids is 1. The normalized spacial score (nSPS) is 15.9. The van der Waals surface area contributed by atoms with E-state index in [-0.39, 0.29) is 11.6 Å². The molecule has 3 rings (SSSR count). The van der Waals surface area contributed by atoms with Crippen LogP contribution >= 0.6 is 34.8 Å². The second-order valence-corrected chi connectivity index (χ2v) is 5.73. The van der Waals surface area contributed by atoms with Gasteiger partial charge in [0.25, 0.3) is 0 Å². The minimum absolute atomic E-state index is 0.139. The van der Waals surface area contributed by atoms with Gasteiger partial charge in [0.2, 0.25) is 5.90 Å². The molecule has 1 aliphatic rings. The lowest BCUT2D eigenvalue weighted by atomic mass is 10.2. The van der Waals surface area contributed by atoms with Gasteiger partial charge < -0.3 is 4.74 Å². The van der Waals surface area contributed by atoms with Crippen LogP contribution < -0.4 is 0 Å². The fourth-order valence-corrected chi connectivity index (χ4v) is 2.54. The second kappa shape index (κ2) is 6.13. The first-order valence-corrected chi connectivity index (χ1v) is 7.40. The zero-order valence-corrected chi connectivity index (χ0v) is 13.3. The molecule has 2 aromatic rings. The summed E-state index contributed by atoms with van der Waals surface area (Å²) in [5.74, 6) is -0.336. The molecule has 0 aromatic heterocycles. The van der Waals surface area contributed by atoms with Crippen molar-refractivity contribution in [3.63, 3.8) is 0 Å². The van der Waals surface area contributed by atoms with Gasteiger partial charge in [0.15, 0.2) is 5.70 Å². The first kappa shape index (κ1) is 15.1. The molecule has 0 N–H and O–H groups in total. The highest BCUT2D eigenvalue weighted by Crippen LogP contribution is 2.28. The predicted octanol–water partition coefficient (Wildman–Crippen LogP) is 4.99. The molecular weight excluding hydrogens is 345 g/mol. The molecule has 110 valence electrons. The van der Waals surface area contributed by atoms with Crippen LogP contribution in [-0.2, 0) is 9.53 Å². The van der Waals surface area contributed by atoms with Crippen LogP contribution in [0.15, 0.2) is 53.2 Å². The molecule has 2 aromatic carbocycles. The van der Waals surface area contributed by atoms with E-state index >= 15 is 0 Å². The summed E-state index contributed by atoms with van der Waals surface area (Å²) in [6.45, 7) is 0. The smallest absolute Gasteiger partial charge is 0.363 e. The highest BCUT2D eigenvalue weighted by atomic mass is 35.5. The average molecular weight is 353 g/mol. The zero-order valence-electron chi connectivity index (χ0n) is 11.0. The van der Waals surface area contributed by atoms with E-state index in [1.54, 1.807) is 42.5 Å². The summed E-state index contributed by atoms with van der Waals surface area (Å²) < 4.78 is 5.17. The molecule has 0 saturated carbocycles. The highest BCUT2D eigenvalue weighted by molar-refractivity contribution is 6.37. The lowest BCUT2D eigenvalue weighted by molar-refractivity contribution is -0.129. The van der Waals surface area contributed by atoms with Crippen LogP contribution in [0, 0.1) is 0 Å². The Labute approximate surface area is 141 Å². The number of hydrogen-bond acceptors (Lipinski definition) is 3. The summed E-state index contributed by atoms with van der Waals surface area (Å²) in [5.41, 5.74) is 1.32. The van der Waals surface area contributed by atoms with Gasteiger partial charge in [0, 0.05) is 26.2 Å². The minimum Gasteiger partial charge on any atom is -0.402 e. The lowest BCUT2D eigenvalue weighted by Crippen LogP contribution is -2.05. The van der Waals surface area contributed by atoms with Crippen LogP contribution in [0.4, 0.5) is 0 Å².